The Bertz CT molecular complexity index is 985. The van der Waals surface area contributed by atoms with Crippen molar-refractivity contribution in [1.82, 2.24) is 19.9 Å². The van der Waals surface area contributed by atoms with E-state index in [-0.39, 0.29) is 17.2 Å². The molecule has 0 radical (unpaired) electrons. The number of hydrogen-bond acceptors (Lipinski definition) is 10. The van der Waals surface area contributed by atoms with Crippen molar-refractivity contribution in [2.45, 2.75) is 40.2 Å². The summed E-state index contributed by atoms with van der Waals surface area (Å²) in [5.41, 5.74) is 0.0347. The molecule has 0 aromatic carbocycles. The Hall–Kier alpha value is -2.66. The van der Waals surface area contributed by atoms with Crippen LogP contribution in [-0.4, -0.2) is 70.3 Å². The van der Waals surface area contributed by atoms with Crippen LogP contribution in [0.3, 0.4) is 0 Å². The lowest BCUT2D eigenvalue weighted by Gasteiger charge is -2.36. The van der Waals surface area contributed by atoms with Crippen molar-refractivity contribution in [2.24, 2.45) is 0 Å². The van der Waals surface area contributed by atoms with E-state index in [1.54, 1.807) is 24.8 Å². The maximum absolute atomic E-state index is 12.3. The number of halogens is 1. The van der Waals surface area contributed by atoms with Gasteiger partial charge in [0.25, 0.3) is 0 Å². The highest BCUT2D eigenvalue weighted by Crippen LogP contribution is 2.27. The molecule has 2 aromatic heterocycles. The summed E-state index contributed by atoms with van der Waals surface area (Å²) in [4.78, 5) is 41.5. The quantitative estimate of drug-likeness (QED) is 0.501. The number of carbonyl (C=O) groups is 2. The monoisotopic (exact) mass is 482 g/mol. The van der Waals surface area contributed by atoms with Gasteiger partial charge in [-0.05, 0) is 34.6 Å². The molecule has 174 valence electrons. The van der Waals surface area contributed by atoms with Gasteiger partial charge in [-0.3, -0.25) is 5.32 Å². The smallest absolute Gasteiger partial charge is 0.410 e. The number of hydrogen-bond donors (Lipinski definition) is 1. The number of aryl methyl sites for hydroxylation is 1. The van der Waals surface area contributed by atoms with Gasteiger partial charge >= 0.3 is 12.1 Å². The molecule has 1 aliphatic rings. The fourth-order valence-electron chi connectivity index (χ4n) is 3.00. The number of thiazole rings is 1. The first-order valence-electron chi connectivity index (χ1n) is 10.2. The summed E-state index contributed by atoms with van der Waals surface area (Å²) in [6, 6.07) is 1.67. The summed E-state index contributed by atoms with van der Waals surface area (Å²) in [5.74, 6) is 0.493. The Morgan fingerprint density at radius 2 is 1.88 bits per heavy atom. The molecule has 0 spiro atoms. The number of amides is 1. The van der Waals surface area contributed by atoms with Crippen molar-refractivity contribution >= 4 is 51.9 Å². The summed E-state index contributed by atoms with van der Waals surface area (Å²) < 4.78 is 10.5. The summed E-state index contributed by atoms with van der Waals surface area (Å²) in [7, 11) is 0. The van der Waals surface area contributed by atoms with Crippen LogP contribution in [0.1, 0.15) is 43.1 Å². The van der Waals surface area contributed by atoms with Crippen LogP contribution in [0.25, 0.3) is 0 Å². The van der Waals surface area contributed by atoms with Crippen LogP contribution in [0.4, 0.5) is 21.7 Å². The average Bonchev–Trinajstić information content (AvgIpc) is 3.06. The highest BCUT2D eigenvalue weighted by atomic mass is 35.5. The molecule has 1 amide bonds. The number of nitrogens with one attached hydrogen (secondary N) is 1. The molecule has 1 N–H and O–H groups in total. The van der Waals surface area contributed by atoms with E-state index >= 15 is 0 Å². The zero-order chi connectivity index (χ0) is 23.5. The molecule has 3 heterocycles. The number of nitrogens with zero attached hydrogens (tertiary/aromatic N) is 5. The highest BCUT2D eigenvalue weighted by Gasteiger charge is 2.27. The molecule has 3 rings (SSSR count). The van der Waals surface area contributed by atoms with Gasteiger partial charge in [-0.25, -0.2) is 19.6 Å². The third-order valence-electron chi connectivity index (χ3n) is 4.41. The van der Waals surface area contributed by atoms with Gasteiger partial charge < -0.3 is 19.3 Å². The molecule has 32 heavy (non-hydrogen) atoms. The van der Waals surface area contributed by atoms with Crippen LogP contribution in [0, 0.1) is 6.92 Å². The van der Waals surface area contributed by atoms with E-state index in [0.717, 1.165) is 0 Å². The maximum atomic E-state index is 12.3. The second kappa shape index (κ2) is 9.86. The Labute approximate surface area is 195 Å². The molecule has 1 aliphatic heterocycles. The van der Waals surface area contributed by atoms with Gasteiger partial charge in [0.2, 0.25) is 5.95 Å². The van der Waals surface area contributed by atoms with E-state index in [4.69, 9.17) is 21.1 Å². The molecule has 0 unspecified atom stereocenters. The van der Waals surface area contributed by atoms with E-state index in [1.165, 1.54) is 11.3 Å². The minimum Gasteiger partial charge on any atom is -0.462 e. The van der Waals surface area contributed by atoms with Crippen molar-refractivity contribution in [1.29, 1.82) is 0 Å². The van der Waals surface area contributed by atoms with Crippen LogP contribution in [0.5, 0.6) is 0 Å². The van der Waals surface area contributed by atoms with Gasteiger partial charge in [0.1, 0.15) is 21.4 Å². The Kier molecular flexibility index (Phi) is 7.40. The lowest BCUT2D eigenvalue weighted by atomic mass is 10.2. The van der Waals surface area contributed by atoms with Crippen molar-refractivity contribution in [3.8, 4) is 0 Å². The predicted molar refractivity (Wildman–Crippen MR) is 123 cm³/mol. The number of piperazine rings is 1. The molecular weight excluding hydrogens is 456 g/mol. The average molecular weight is 483 g/mol. The zero-order valence-electron chi connectivity index (χ0n) is 18.8. The predicted octanol–water partition coefficient (Wildman–Crippen LogP) is 3.87. The minimum atomic E-state index is -0.531. The first-order chi connectivity index (χ1) is 15.1. The first kappa shape index (κ1) is 24.0. The number of esters is 1. The van der Waals surface area contributed by atoms with E-state index in [9.17, 15) is 9.59 Å². The highest BCUT2D eigenvalue weighted by molar-refractivity contribution is 7.17. The molecule has 12 heteroatoms. The van der Waals surface area contributed by atoms with Gasteiger partial charge in [-0.2, -0.15) is 4.98 Å². The third-order valence-corrected chi connectivity index (χ3v) is 5.66. The van der Waals surface area contributed by atoms with Gasteiger partial charge in [-0.15, -0.1) is 0 Å². The molecule has 2 aromatic rings. The van der Waals surface area contributed by atoms with E-state index in [2.05, 4.69) is 20.3 Å². The van der Waals surface area contributed by atoms with Gasteiger partial charge in [0.15, 0.2) is 5.13 Å². The normalized spacial score (nSPS) is 14.3. The second-order valence-corrected chi connectivity index (χ2v) is 9.49. The number of anilines is 3. The van der Waals surface area contributed by atoms with Crippen LogP contribution in [-0.2, 0) is 9.47 Å². The van der Waals surface area contributed by atoms with Crippen molar-refractivity contribution in [3.63, 3.8) is 0 Å². The number of rotatable bonds is 5. The number of ether oxygens (including phenoxy) is 2. The third kappa shape index (κ3) is 6.19. The molecule has 1 saturated heterocycles. The SMILES string of the molecule is CCOC(=O)c1sc(Nc2nc(Cl)cc(N3CCN(C(=O)OC(C)(C)C)CC3)n2)nc1C. The van der Waals surface area contributed by atoms with Gasteiger partial charge in [-0.1, -0.05) is 22.9 Å². The summed E-state index contributed by atoms with van der Waals surface area (Å²) in [6.45, 7) is 11.5. The first-order valence-corrected chi connectivity index (χ1v) is 11.4. The summed E-state index contributed by atoms with van der Waals surface area (Å²) in [5, 5.41) is 3.75. The van der Waals surface area contributed by atoms with Crippen LogP contribution in [0.15, 0.2) is 6.07 Å². The number of aromatic nitrogens is 3. The van der Waals surface area contributed by atoms with Crippen LogP contribution >= 0.6 is 22.9 Å². The lowest BCUT2D eigenvalue weighted by Crippen LogP contribution is -2.50. The Morgan fingerprint density at radius 3 is 2.50 bits per heavy atom. The largest absolute Gasteiger partial charge is 0.462 e. The fourth-order valence-corrected chi connectivity index (χ4v) is 4.03. The van der Waals surface area contributed by atoms with Gasteiger partial charge in [0.05, 0.1) is 12.3 Å². The summed E-state index contributed by atoms with van der Waals surface area (Å²) >= 11 is 7.39. The minimum absolute atomic E-state index is 0.269. The standard InChI is InChI=1S/C20H27ClN6O4S/c1-6-30-16(28)15-12(2)22-18(32-15)25-17-23-13(21)11-14(24-17)26-7-9-27(10-8-26)19(29)31-20(3,4)5/h11H,6-10H2,1-5H3,(H,22,23,24,25). The van der Waals surface area contributed by atoms with Crippen molar-refractivity contribution < 1.29 is 19.1 Å². The van der Waals surface area contributed by atoms with Crippen molar-refractivity contribution in [2.75, 3.05) is 43.0 Å². The van der Waals surface area contributed by atoms with Crippen LogP contribution < -0.4 is 10.2 Å². The summed E-state index contributed by atoms with van der Waals surface area (Å²) in [6.07, 6.45) is -0.322. The molecule has 10 nitrogen and oxygen atoms in total. The molecule has 0 bridgehead atoms. The Balaban J connectivity index is 1.68. The molecule has 0 atom stereocenters. The van der Waals surface area contributed by atoms with E-state index in [1.807, 2.05) is 25.7 Å². The number of carbonyl (C=O) groups excluding carboxylic acids is 2. The lowest BCUT2D eigenvalue weighted by molar-refractivity contribution is 0.0240. The molecular formula is C20H27ClN6O4S. The second-order valence-electron chi connectivity index (χ2n) is 8.11. The van der Waals surface area contributed by atoms with E-state index < -0.39 is 11.6 Å². The van der Waals surface area contributed by atoms with Crippen molar-refractivity contribution in [3.05, 3.63) is 21.8 Å². The van der Waals surface area contributed by atoms with E-state index in [0.29, 0.717) is 54.3 Å². The zero-order valence-corrected chi connectivity index (χ0v) is 20.3. The topological polar surface area (TPSA) is 110 Å². The van der Waals surface area contributed by atoms with Gasteiger partial charge in [0, 0.05) is 32.2 Å². The molecule has 0 aliphatic carbocycles. The molecule has 0 saturated carbocycles. The maximum Gasteiger partial charge on any atom is 0.410 e. The van der Waals surface area contributed by atoms with Crippen LogP contribution in [0.2, 0.25) is 5.15 Å². The molecule has 1 fully saturated rings. The Morgan fingerprint density at radius 1 is 1.19 bits per heavy atom. The fraction of sp³-hybridized carbons (Fsp3) is 0.550.